The first kappa shape index (κ1) is 19.1. The number of imide groups is 1. The molecule has 2 aromatic rings. The zero-order valence-electron chi connectivity index (χ0n) is 13.5. The lowest BCUT2D eigenvalue weighted by atomic mass is 10.2. The van der Waals surface area contributed by atoms with Gasteiger partial charge in [0, 0.05) is 5.02 Å². The highest BCUT2D eigenvalue weighted by Crippen LogP contribution is 2.38. The fourth-order valence-electron chi connectivity index (χ4n) is 2.38. The van der Waals surface area contributed by atoms with Crippen molar-refractivity contribution in [3.8, 4) is 5.75 Å². The van der Waals surface area contributed by atoms with Crippen molar-refractivity contribution in [2.24, 2.45) is 0 Å². The van der Waals surface area contributed by atoms with E-state index in [1.165, 1.54) is 0 Å². The zero-order chi connectivity index (χ0) is 18.8. The third-order valence-electron chi connectivity index (χ3n) is 3.49. The average molecular weight is 429 g/mol. The fraction of sp³-hybridized carbons (Fsp3) is 0.111. The van der Waals surface area contributed by atoms with Gasteiger partial charge >= 0.3 is 0 Å². The normalized spacial score (nSPS) is 15.8. The molecule has 0 spiro atoms. The minimum absolute atomic E-state index is 0.279. The van der Waals surface area contributed by atoms with E-state index in [0.29, 0.717) is 38.7 Å². The van der Waals surface area contributed by atoms with E-state index < -0.39 is 5.91 Å². The quantitative estimate of drug-likeness (QED) is 0.537. The summed E-state index contributed by atoms with van der Waals surface area (Å²) in [6, 6.07) is 9.74. The Morgan fingerprint density at radius 3 is 2.27 bits per heavy atom. The van der Waals surface area contributed by atoms with Gasteiger partial charge in [0.15, 0.2) is 5.75 Å². The van der Waals surface area contributed by atoms with Gasteiger partial charge in [0.1, 0.15) is 0 Å². The molecular weight excluding hydrogens is 417 g/mol. The van der Waals surface area contributed by atoms with Crippen LogP contribution in [0.15, 0.2) is 41.3 Å². The second-order valence-electron chi connectivity index (χ2n) is 5.24. The molecular formula is C18H12Cl3NO3S. The maximum absolute atomic E-state index is 12.6. The first-order valence-electron chi connectivity index (χ1n) is 7.56. The molecule has 1 aliphatic heterocycles. The number of thioether (sulfide) groups is 1. The van der Waals surface area contributed by atoms with Crippen molar-refractivity contribution in [1.29, 1.82) is 0 Å². The fourth-order valence-corrected chi connectivity index (χ4v) is 3.96. The van der Waals surface area contributed by atoms with Crippen LogP contribution in [0.1, 0.15) is 12.5 Å². The number of anilines is 1. The largest absolute Gasteiger partial charge is 0.491 e. The van der Waals surface area contributed by atoms with E-state index in [9.17, 15) is 9.59 Å². The number of hydrogen-bond acceptors (Lipinski definition) is 4. The van der Waals surface area contributed by atoms with Gasteiger partial charge < -0.3 is 4.74 Å². The van der Waals surface area contributed by atoms with E-state index in [0.717, 1.165) is 16.7 Å². The molecule has 0 atom stereocenters. The molecule has 0 unspecified atom stereocenters. The molecule has 1 heterocycles. The second-order valence-corrected chi connectivity index (χ2v) is 7.48. The van der Waals surface area contributed by atoms with Crippen molar-refractivity contribution < 1.29 is 14.3 Å². The van der Waals surface area contributed by atoms with E-state index in [-0.39, 0.29) is 10.1 Å². The van der Waals surface area contributed by atoms with Crippen LogP contribution in [0.25, 0.3) is 6.08 Å². The zero-order valence-corrected chi connectivity index (χ0v) is 16.5. The van der Waals surface area contributed by atoms with E-state index in [1.54, 1.807) is 42.5 Å². The molecule has 134 valence electrons. The van der Waals surface area contributed by atoms with Crippen LogP contribution < -0.4 is 9.64 Å². The van der Waals surface area contributed by atoms with Gasteiger partial charge in [-0.05, 0) is 66.7 Å². The smallest absolute Gasteiger partial charge is 0.298 e. The van der Waals surface area contributed by atoms with Gasteiger partial charge in [-0.2, -0.15) is 0 Å². The standard InChI is InChI=1S/C18H12Cl3NO3S/c1-2-25-16-13(20)7-10(8-14(16)21)9-15-17(23)22(18(24)26-15)12-5-3-11(19)4-6-12/h3-9H,2H2,1H3/b15-9+. The Bertz CT molecular complexity index is 889. The number of carbonyl (C=O) groups is 2. The van der Waals surface area contributed by atoms with Crippen molar-refractivity contribution in [1.82, 2.24) is 0 Å². The summed E-state index contributed by atoms with van der Waals surface area (Å²) in [5.41, 5.74) is 1.06. The summed E-state index contributed by atoms with van der Waals surface area (Å²) in [5.74, 6) is -0.0225. The van der Waals surface area contributed by atoms with Crippen molar-refractivity contribution in [2.75, 3.05) is 11.5 Å². The molecule has 0 bridgehead atoms. The number of ether oxygens (including phenoxy) is 1. The Morgan fingerprint density at radius 2 is 1.69 bits per heavy atom. The summed E-state index contributed by atoms with van der Waals surface area (Å²) in [5, 5.41) is 0.812. The van der Waals surface area contributed by atoms with Crippen LogP contribution in [0.5, 0.6) is 5.75 Å². The maximum atomic E-state index is 12.6. The van der Waals surface area contributed by atoms with Gasteiger partial charge in [-0.15, -0.1) is 0 Å². The molecule has 0 N–H and O–H groups in total. The topological polar surface area (TPSA) is 46.6 Å². The predicted octanol–water partition coefficient (Wildman–Crippen LogP) is 6.29. The summed E-state index contributed by atoms with van der Waals surface area (Å²) in [4.78, 5) is 26.3. The maximum Gasteiger partial charge on any atom is 0.298 e. The van der Waals surface area contributed by atoms with Gasteiger partial charge in [0.25, 0.3) is 11.1 Å². The molecule has 2 amide bonds. The third kappa shape index (κ3) is 3.86. The minimum atomic E-state index is -0.413. The average Bonchev–Trinajstić information content (AvgIpc) is 2.86. The van der Waals surface area contributed by atoms with Crippen LogP contribution in [0, 0.1) is 0 Å². The lowest BCUT2D eigenvalue weighted by Crippen LogP contribution is -2.27. The molecule has 8 heteroatoms. The minimum Gasteiger partial charge on any atom is -0.491 e. The molecule has 1 aliphatic rings. The van der Waals surface area contributed by atoms with Gasteiger partial charge in [0.05, 0.1) is 27.2 Å². The van der Waals surface area contributed by atoms with Crippen molar-refractivity contribution in [3.05, 3.63) is 61.9 Å². The number of rotatable bonds is 4. The molecule has 0 aliphatic carbocycles. The van der Waals surface area contributed by atoms with Crippen molar-refractivity contribution in [3.63, 3.8) is 0 Å². The summed E-state index contributed by atoms with van der Waals surface area (Å²) in [6.45, 7) is 2.26. The number of halogens is 3. The van der Waals surface area contributed by atoms with Crippen molar-refractivity contribution >= 4 is 69.5 Å². The highest BCUT2D eigenvalue weighted by molar-refractivity contribution is 8.19. The van der Waals surface area contributed by atoms with E-state index >= 15 is 0 Å². The molecule has 0 aromatic heterocycles. The number of carbonyl (C=O) groups excluding carboxylic acids is 2. The molecule has 1 fully saturated rings. The van der Waals surface area contributed by atoms with Crippen LogP contribution in [0.3, 0.4) is 0 Å². The molecule has 0 saturated carbocycles. The number of amides is 2. The second kappa shape index (κ2) is 7.92. The number of nitrogens with zero attached hydrogens (tertiary/aromatic N) is 1. The van der Waals surface area contributed by atoms with Gasteiger partial charge in [0.2, 0.25) is 0 Å². The molecule has 26 heavy (non-hydrogen) atoms. The van der Waals surface area contributed by atoms with Gasteiger partial charge in [-0.3, -0.25) is 9.59 Å². The lowest BCUT2D eigenvalue weighted by Gasteiger charge is -2.12. The molecule has 2 aromatic carbocycles. The summed E-state index contributed by atoms with van der Waals surface area (Å²) in [6.07, 6.45) is 1.58. The predicted molar refractivity (Wildman–Crippen MR) is 108 cm³/mol. The number of hydrogen-bond donors (Lipinski definition) is 0. The summed E-state index contributed by atoms with van der Waals surface area (Å²) in [7, 11) is 0. The highest BCUT2D eigenvalue weighted by atomic mass is 35.5. The first-order chi connectivity index (χ1) is 12.4. The van der Waals surface area contributed by atoms with Crippen LogP contribution in [-0.2, 0) is 4.79 Å². The Balaban J connectivity index is 1.92. The molecule has 0 radical (unpaired) electrons. The third-order valence-corrected chi connectivity index (χ3v) is 5.17. The Morgan fingerprint density at radius 1 is 1.08 bits per heavy atom. The summed E-state index contributed by atoms with van der Waals surface area (Å²) < 4.78 is 5.39. The van der Waals surface area contributed by atoms with Crippen LogP contribution in [0.2, 0.25) is 15.1 Å². The van der Waals surface area contributed by atoms with E-state index in [2.05, 4.69) is 0 Å². The van der Waals surface area contributed by atoms with E-state index in [1.807, 2.05) is 6.92 Å². The van der Waals surface area contributed by atoms with Gasteiger partial charge in [-0.1, -0.05) is 34.8 Å². The Labute approximate surface area is 169 Å². The van der Waals surface area contributed by atoms with Crippen molar-refractivity contribution in [2.45, 2.75) is 6.92 Å². The van der Waals surface area contributed by atoms with Crippen LogP contribution in [-0.4, -0.2) is 17.8 Å². The lowest BCUT2D eigenvalue weighted by molar-refractivity contribution is -0.113. The first-order valence-corrected chi connectivity index (χ1v) is 9.51. The SMILES string of the molecule is CCOc1c(Cl)cc(/C=C2/SC(=O)N(c3ccc(Cl)cc3)C2=O)cc1Cl. The van der Waals surface area contributed by atoms with Gasteiger partial charge in [-0.25, -0.2) is 4.90 Å². The molecule has 3 rings (SSSR count). The van der Waals surface area contributed by atoms with E-state index in [4.69, 9.17) is 39.5 Å². The molecule has 1 saturated heterocycles. The monoisotopic (exact) mass is 427 g/mol. The Kier molecular flexibility index (Phi) is 5.82. The Hall–Kier alpha value is -1.66. The summed E-state index contributed by atoms with van der Waals surface area (Å²) >= 11 is 19.1. The van der Waals surface area contributed by atoms with Crippen LogP contribution >= 0.6 is 46.6 Å². The molecule has 4 nitrogen and oxygen atoms in total. The highest BCUT2D eigenvalue weighted by Gasteiger charge is 2.36. The van der Waals surface area contributed by atoms with Crippen LogP contribution in [0.4, 0.5) is 10.5 Å². The number of benzene rings is 2.